The van der Waals surface area contributed by atoms with Crippen LogP contribution in [0.5, 0.6) is 0 Å². The molecule has 1 atom stereocenters. The number of aliphatic carboxylic acids is 1. The first-order valence-corrected chi connectivity index (χ1v) is 7.94. The Morgan fingerprint density at radius 2 is 1.83 bits per heavy atom. The second-order valence-corrected chi connectivity index (χ2v) is 5.83. The molecule has 3 rings (SSSR count). The Morgan fingerprint density at radius 3 is 2.58 bits per heavy atom. The summed E-state index contributed by atoms with van der Waals surface area (Å²) < 4.78 is 0. The fraction of sp³-hybridized carbons (Fsp3) is 0.111. The van der Waals surface area contributed by atoms with Gasteiger partial charge in [0.15, 0.2) is 5.11 Å². The molecule has 0 fully saturated rings. The number of anilines is 1. The number of aromatic amines is 1. The lowest BCUT2D eigenvalue weighted by Gasteiger charge is -2.17. The van der Waals surface area contributed by atoms with Crippen LogP contribution in [0.4, 0.5) is 5.69 Å². The van der Waals surface area contributed by atoms with Crippen LogP contribution in [-0.4, -0.2) is 27.2 Å². The van der Waals surface area contributed by atoms with Gasteiger partial charge in [-0.2, -0.15) is 0 Å². The number of carboxylic acid groups (broad SMARTS) is 1. The minimum atomic E-state index is -0.947. The molecule has 24 heavy (non-hydrogen) atoms. The van der Waals surface area contributed by atoms with Gasteiger partial charge in [-0.15, -0.1) is 0 Å². The molecule has 122 valence electrons. The number of carboxylic acids is 1. The zero-order chi connectivity index (χ0) is 16.9. The van der Waals surface area contributed by atoms with Crippen molar-refractivity contribution in [2.24, 2.45) is 0 Å². The van der Waals surface area contributed by atoms with Gasteiger partial charge in [0.05, 0.1) is 0 Å². The summed E-state index contributed by atoms with van der Waals surface area (Å²) in [6.45, 7) is 0. The van der Waals surface area contributed by atoms with Crippen LogP contribution in [0.1, 0.15) is 5.56 Å². The van der Waals surface area contributed by atoms with Gasteiger partial charge in [-0.1, -0.05) is 36.4 Å². The van der Waals surface area contributed by atoms with E-state index in [0.29, 0.717) is 6.42 Å². The molecule has 1 aromatic heterocycles. The Bertz CT molecular complexity index is 861. The molecule has 0 unspecified atom stereocenters. The summed E-state index contributed by atoms with van der Waals surface area (Å²) in [6.07, 6.45) is 2.17. The standard InChI is InChI=1S/C18H17N3O2S/c22-17(23)16(21-18(24)20-13-6-2-1-3-7-13)10-12-11-19-15-9-5-4-8-14(12)15/h1-9,11,16,19H,10H2,(H,22,23)(H2,20,21,24)/t16-/m1/s1. The summed E-state index contributed by atoms with van der Waals surface area (Å²) in [5, 5.41) is 16.7. The second kappa shape index (κ2) is 7.14. The minimum Gasteiger partial charge on any atom is -0.480 e. The van der Waals surface area contributed by atoms with Crippen molar-refractivity contribution in [2.45, 2.75) is 12.5 Å². The number of H-pyrrole nitrogens is 1. The monoisotopic (exact) mass is 339 g/mol. The van der Waals surface area contributed by atoms with Gasteiger partial charge >= 0.3 is 5.97 Å². The number of hydrogen-bond acceptors (Lipinski definition) is 2. The summed E-state index contributed by atoms with van der Waals surface area (Å²) in [6, 6.07) is 16.4. The van der Waals surface area contributed by atoms with Gasteiger partial charge in [0.25, 0.3) is 0 Å². The SMILES string of the molecule is O=C(O)[C@@H](Cc1c[nH]c2ccccc12)NC(=S)Nc1ccccc1. The Morgan fingerprint density at radius 1 is 1.12 bits per heavy atom. The lowest BCUT2D eigenvalue weighted by atomic mass is 10.1. The zero-order valence-electron chi connectivity index (χ0n) is 12.8. The normalized spacial score (nSPS) is 11.8. The van der Waals surface area contributed by atoms with Gasteiger partial charge in [0.1, 0.15) is 6.04 Å². The van der Waals surface area contributed by atoms with E-state index in [1.807, 2.05) is 60.8 Å². The van der Waals surface area contributed by atoms with Crippen molar-refractivity contribution in [3.05, 3.63) is 66.4 Å². The highest BCUT2D eigenvalue weighted by atomic mass is 32.1. The van der Waals surface area contributed by atoms with Crippen LogP contribution >= 0.6 is 12.2 Å². The van der Waals surface area contributed by atoms with Crippen LogP contribution in [0, 0.1) is 0 Å². The van der Waals surface area contributed by atoms with E-state index >= 15 is 0 Å². The highest BCUT2D eigenvalue weighted by molar-refractivity contribution is 7.80. The van der Waals surface area contributed by atoms with E-state index in [1.54, 1.807) is 0 Å². The number of rotatable bonds is 5. The van der Waals surface area contributed by atoms with E-state index in [2.05, 4.69) is 15.6 Å². The molecular formula is C18H17N3O2S. The highest BCUT2D eigenvalue weighted by Gasteiger charge is 2.20. The Balaban J connectivity index is 1.71. The maximum Gasteiger partial charge on any atom is 0.326 e. The van der Waals surface area contributed by atoms with E-state index in [0.717, 1.165) is 22.2 Å². The van der Waals surface area contributed by atoms with Crippen LogP contribution in [0.15, 0.2) is 60.8 Å². The fourth-order valence-corrected chi connectivity index (χ4v) is 2.83. The van der Waals surface area contributed by atoms with Gasteiger partial charge < -0.3 is 20.7 Å². The van der Waals surface area contributed by atoms with Crippen molar-refractivity contribution in [2.75, 3.05) is 5.32 Å². The highest BCUT2D eigenvalue weighted by Crippen LogP contribution is 2.19. The van der Waals surface area contributed by atoms with Crippen molar-refractivity contribution in [3.63, 3.8) is 0 Å². The van der Waals surface area contributed by atoms with Crippen LogP contribution in [0.2, 0.25) is 0 Å². The lowest BCUT2D eigenvalue weighted by Crippen LogP contribution is -2.44. The van der Waals surface area contributed by atoms with Crippen LogP contribution in [0.25, 0.3) is 10.9 Å². The molecule has 6 heteroatoms. The zero-order valence-corrected chi connectivity index (χ0v) is 13.6. The minimum absolute atomic E-state index is 0.286. The Hall–Kier alpha value is -2.86. The van der Waals surface area contributed by atoms with E-state index in [9.17, 15) is 9.90 Å². The molecule has 0 aliphatic rings. The molecule has 3 aromatic rings. The molecule has 0 saturated heterocycles. The van der Waals surface area contributed by atoms with Crippen molar-refractivity contribution < 1.29 is 9.90 Å². The molecule has 0 aliphatic carbocycles. The largest absolute Gasteiger partial charge is 0.480 e. The van der Waals surface area contributed by atoms with Crippen LogP contribution in [-0.2, 0) is 11.2 Å². The molecule has 5 nitrogen and oxygen atoms in total. The molecule has 0 aliphatic heterocycles. The van der Waals surface area contributed by atoms with Gasteiger partial charge in [0.2, 0.25) is 0 Å². The number of thiocarbonyl (C=S) groups is 1. The second-order valence-electron chi connectivity index (χ2n) is 5.42. The molecule has 0 amide bonds. The van der Waals surface area contributed by atoms with Gasteiger partial charge in [-0.25, -0.2) is 4.79 Å². The van der Waals surface area contributed by atoms with E-state index in [-0.39, 0.29) is 5.11 Å². The van der Waals surface area contributed by atoms with E-state index in [1.165, 1.54) is 0 Å². The molecule has 0 saturated carbocycles. The molecule has 0 radical (unpaired) electrons. The van der Waals surface area contributed by atoms with Gasteiger partial charge in [0, 0.05) is 29.2 Å². The summed E-state index contributed by atoms with van der Waals surface area (Å²) in [4.78, 5) is 14.7. The predicted octanol–water partition coefficient (Wildman–Crippen LogP) is 3.15. The van der Waals surface area contributed by atoms with E-state index in [4.69, 9.17) is 12.2 Å². The summed E-state index contributed by atoms with van der Waals surface area (Å²) in [7, 11) is 0. The maximum atomic E-state index is 11.6. The smallest absolute Gasteiger partial charge is 0.326 e. The van der Waals surface area contributed by atoms with Crippen molar-refractivity contribution in [1.82, 2.24) is 10.3 Å². The molecule has 0 bridgehead atoms. The first-order chi connectivity index (χ1) is 11.6. The Kier molecular flexibility index (Phi) is 4.77. The number of benzene rings is 2. The molecule has 1 heterocycles. The van der Waals surface area contributed by atoms with Crippen molar-refractivity contribution >= 4 is 39.9 Å². The van der Waals surface area contributed by atoms with Crippen LogP contribution < -0.4 is 10.6 Å². The average molecular weight is 339 g/mol. The van der Waals surface area contributed by atoms with Gasteiger partial charge in [-0.3, -0.25) is 0 Å². The molecular weight excluding hydrogens is 322 g/mol. The van der Waals surface area contributed by atoms with Crippen molar-refractivity contribution in [3.8, 4) is 0 Å². The number of fused-ring (bicyclic) bond motifs is 1. The average Bonchev–Trinajstić information content (AvgIpc) is 2.98. The van der Waals surface area contributed by atoms with Gasteiger partial charge in [-0.05, 0) is 36.0 Å². The third-order valence-corrected chi connectivity index (χ3v) is 3.95. The number of hydrogen-bond donors (Lipinski definition) is 4. The van der Waals surface area contributed by atoms with Crippen LogP contribution in [0.3, 0.4) is 0 Å². The first kappa shape index (κ1) is 16.0. The molecule has 0 spiro atoms. The molecule has 4 N–H and O–H groups in total. The summed E-state index contributed by atoms with van der Waals surface area (Å²) >= 11 is 5.23. The first-order valence-electron chi connectivity index (χ1n) is 7.54. The fourth-order valence-electron chi connectivity index (χ4n) is 2.57. The van der Waals surface area contributed by atoms with Crippen molar-refractivity contribution in [1.29, 1.82) is 0 Å². The third-order valence-electron chi connectivity index (χ3n) is 3.73. The summed E-state index contributed by atoms with van der Waals surface area (Å²) in [5.41, 5.74) is 2.74. The molecule has 2 aromatic carbocycles. The lowest BCUT2D eigenvalue weighted by molar-refractivity contribution is -0.139. The Labute approximate surface area is 144 Å². The maximum absolute atomic E-state index is 11.6. The van der Waals surface area contributed by atoms with E-state index < -0.39 is 12.0 Å². The number of nitrogens with one attached hydrogen (secondary N) is 3. The number of carbonyl (C=O) groups is 1. The third kappa shape index (κ3) is 3.72. The number of para-hydroxylation sites is 2. The predicted molar refractivity (Wildman–Crippen MR) is 99.2 cm³/mol. The number of aromatic nitrogens is 1. The summed E-state index contributed by atoms with van der Waals surface area (Å²) in [5.74, 6) is -0.947. The topological polar surface area (TPSA) is 77.1 Å². The quantitative estimate of drug-likeness (QED) is 0.537.